The average Bonchev–Trinajstić information content (AvgIpc) is 3.36. The molecule has 0 unspecified atom stereocenters. The summed E-state index contributed by atoms with van der Waals surface area (Å²) in [4.78, 5) is 27.4. The fraction of sp³-hybridized carbons (Fsp3) is 0.550. The van der Waals surface area contributed by atoms with Crippen LogP contribution in [0.4, 0.5) is 4.79 Å². The van der Waals surface area contributed by atoms with Crippen molar-refractivity contribution in [2.24, 2.45) is 16.5 Å². The van der Waals surface area contributed by atoms with Gasteiger partial charge in [-0.15, -0.1) is 0 Å². The Morgan fingerprint density at radius 3 is 2.41 bits per heavy atom. The van der Waals surface area contributed by atoms with Crippen LogP contribution in [-0.4, -0.2) is 86.6 Å². The van der Waals surface area contributed by atoms with Gasteiger partial charge in [0.1, 0.15) is 31.0 Å². The average molecular weight is 452 g/mol. The summed E-state index contributed by atoms with van der Waals surface area (Å²) >= 11 is 0. The number of amides is 1. The highest BCUT2D eigenvalue weighted by atomic mass is 16.6. The second-order valence-electron chi connectivity index (χ2n) is 7.28. The maximum Gasteiger partial charge on any atom is 0.408 e. The summed E-state index contributed by atoms with van der Waals surface area (Å²) in [6, 6.07) is 7.76. The molecule has 1 aromatic carbocycles. The Hall–Kier alpha value is -2.93. The van der Waals surface area contributed by atoms with Crippen LogP contribution in [0.3, 0.4) is 0 Å². The number of carboxylic acids is 1. The third-order valence-corrected chi connectivity index (χ3v) is 4.96. The Kier molecular flexibility index (Phi) is 8.62. The minimum atomic E-state index is -1.29. The maximum absolute atomic E-state index is 12.0. The van der Waals surface area contributed by atoms with Gasteiger partial charge in [-0.2, -0.15) is 0 Å². The Morgan fingerprint density at radius 2 is 1.78 bits per heavy atom. The van der Waals surface area contributed by atoms with Gasteiger partial charge in [-0.1, -0.05) is 30.3 Å². The lowest BCUT2D eigenvalue weighted by Crippen LogP contribution is -2.46. The summed E-state index contributed by atoms with van der Waals surface area (Å²) in [7, 11) is 0. The summed E-state index contributed by atoms with van der Waals surface area (Å²) < 4.78 is 27.9. The van der Waals surface area contributed by atoms with Gasteiger partial charge in [0.05, 0.1) is 33.0 Å². The van der Waals surface area contributed by atoms with Gasteiger partial charge in [-0.3, -0.25) is 4.99 Å². The molecule has 0 spiro atoms. The van der Waals surface area contributed by atoms with Crippen LogP contribution < -0.4 is 16.8 Å². The van der Waals surface area contributed by atoms with Crippen molar-refractivity contribution < 1.29 is 38.4 Å². The van der Waals surface area contributed by atoms with Gasteiger partial charge in [0, 0.05) is 0 Å². The lowest BCUT2D eigenvalue weighted by atomic mass is 10.1. The zero-order valence-corrected chi connectivity index (χ0v) is 17.4. The predicted molar refractivity (Wildman–Crippen MR) is 111 cm³/mol. The number of fused-ring (bicyclic) bond motifs is 1. The van der Waals surface area contributed by atoms with Crippen LogP contribution in [0.2, 0.25) is 0 Å². The highest BCUT2D eigenvalue weighted by Gasteiger charge is 2.49. The molecule has 0 aromatic heterocycles. The fourth-order valence-corrected chi connectivity index (χ4v) is 3.40. The number of aliphatic carboxylic acids is 1. The molecule has 1 aromatic rings. The van der Waals surface area contributed by atoms with E-state index in [0.29, 0.717) is 19.8 Å². The van der Waals surface area contributed by atoms with Gasteiger partial charge in [0.15, 0.2) is 12.0 Å². The molecule has 12 nitrogen and oxygen atoms in total. The van der Waals surface area contributed by atoms with E-state index in [1.165, 1.54) is 0 Å². The number of hydrogen-bond acceptors (Lipinski definition) is 8. The summed E-state index contributed by atoms with van der Waals surface area (Å²) in [6.07, 6.45) is -2.38. The Bertz CT molecular complexity index is 789. The number of carbonyl (C=O) groups is 2. The van der Waals surface area contributed by atoms with Crippen LogP contribution in [-0.2, 0) is 35.1 Å². The van der Waals surface area contributed by atoms with Crippen molar-refractivity contribution in [2.45, 2.75) is 37.1 Å². The largest absolute Gasteiger partial charge is 0.480 e. The first-order chi connectivity index (χ1) is 15.4. The topological polar surface area (TPSA) is 177 Å². The first-order valence-electron chi connectivity index (χ1n) is 10.2. The van der Waals surface area contributed by atoms with E-state index in [-0.39, 0.29) is 38.0 Å². The molecule has 0 radical (unpaired) electrons. The summed E-state index contributed by atoms with van der Waals surface area (Å²) in [5, 5.41) is 11.7. The quantitative estimate of drug-likeness (QED) is 0.189. The van der Waals surface area contributed by atoms with E-state index in [2.05, 4.69) is 10.3 Å². The molecule has 176 valence electrons. The molecule has 0 saturated carbocycles. The first-order valence-corrected chi connectivity index (χ1v) is 10.2. The summed E-state index contributed by atoms with van der Waals surface area (Å²) in [5.41, 5.74) is 11.3. The van der Waals surface area contributed by atoms with Crippen molar-refractivity contribution in [1.29, 1.82) is 0 Å². The third-order valence-electron chi connectivity index (χ3n) is 4.96. The maximum atomic E-state index is 12.0. The number of aliphatic imine (C=N–C) groups is 1. The van der Waals surface area contributed by atoms with Crippen molar-refractivity contribution in [3.8, 4) is 0 Å². The summed E-state index contributed by atoms with van der Waals surface area (Å²) in [5.74, 6) is -1.25. The van der Waals surface area contributed by atoms with Crippen LogP contribution in [0, 0.1) is 0 Å². The molecule has 32 heavy (non-hydrogen) atoms. The SMILES string of the molecule is NC(N)=NCCO[C@H]1CO[C@H]2[C@@H]1OC[C@H]2OC[C@H](NC(=O)OCc1ccccc1)C(=O)O. The lowest BCUT2D eigenvalue weighted by molar-refractivity contribution is -0.142. The number of benzene rings is 1. The molecule has 2 aliphatic heterocycles. The Balaban J connectivity index is 1.41. The fourth-order valence-electron chi connectivity index (χ4n) is 3.40. The third kappa shape index (κ3) is 6.79. The molecule has 2 heterocycles. The lowest BCUT2D eigenvalue weighted by Gasteiger charge is -2.20. The van der Waals surface area contributed by atoms with Gasteiger partial charge in [-0.25, -0.2) is 9.59 Å². The second-order valence-corrected chi connectivity index (χ2v) is 7.28. The van der Waals surface area contributed by atoms with E-state index >= 15 is 0 Å². The monoisotopic (exact) mass is 452 g/mol. The Labute approximate surface area is 184 Å². The zero-order chi connectivity index (χ0) is 22.9. The number of nitrogens with one attached hydrogen (secondary N) is 1. The number of hydrogen-bond donors (Lipinski definition) is 4. The molecule has 0 bridgehead atoms. The molecular formula is C20H28N4O8. The molecular weight excluding hydrogens is 424 g/mol. The van der Waals surface area contributed by atoms with Crippen LogP contribution in [0.1, 0.15) is 5.56 Å². The number of guanidine groups is 1. The standard InChI is InChI=1S/C20H28N4O8/c21-19(22)23-6-7-28-14-10-30-17-15(11-31-16(14)17)29-9-13(18(25)26)24-20(27)32-8-12-4-2-1-3-5-12/h1-5,13-17H,6-11H2,(H,24,27)(H,25,26)(H4,21,22,23)/t13-,14-,15+,16+,17+/m0/s1. The molecule has 3 rings (SSSR count). The number of carboxylic acid groups (broad SMARTS) is 1. The van der Waals surface area contributed by atoms with Crippen molar-refractivity contribution in [3.05, 3.63) is 35.9 Å². The number of carbonyl (C=O) groups excluding carboxylic acids is 1. The van der Waals surface area contributed by atoms with Gasteiger partial charge >= 0.3 is 12.1 Å². The molecule has 0 aliphatic carbocycles. The number of nitrogens with zero attached hydrogens (tertiary/aromatic N) is 1. The first kappa shape index (κ1) is 23.7. The van der Waals surface area contributed by atoms with Gasteiger partial charge in [-0.05, 0) is 5.56 Å². The highest BCUT2D eigenvalue weighted by Crippen LogP contribution is 2.30. The molecule has 2 aliphatic rings. The number of rotatable bonds is 11. The predicted octanol–water partition coefficient (Wildman–Crippen LogP) is -0.793. The van der Waals surface area contributed by atoms with E-state index in [4.69, 9.17) is 35.2 Å². The van der Waals surface area contributed by atoms with E-state index in [1.807, 2.05) is 18.2 Å². The molecule has 2 fully saturated rings. The van der Waals surface area contributed by atoms with Crippen molar-refractivity contribution in [2.75, 3.05) is 33.0 Å². The zero-order valence-electron chi connectivity index (χ0n) is 17.4. The van der Waals surface area contributed by atoms with E-state index < -0.39 is 30.3 Å². The van der Waals surface area contributed by atoms with Crippen molar-refractivity contribution >= 4 is 18.0 Å². The second kappa shape index (κ2) is 11.6. The molecule has 1 amide bonds. The van der Waals surface area contributed by atoms with E-state index in [1.54, 1.807) is 12.1 Å². The van der Waals surface area contributed by atoms with Gasteiger partial charge < -0.3 is 45.6 Å². The minimum Gasteiger partial charge on any atom is -0.480 e. The van der Waals surface area contributed by atoms with Crippen LogP contribution in [0.5, 0.6) is 0 Å². The number of alkyl carbamates (subject to hydrolysis) is 1. The van der Waals surface area contributed by atoms with E-state index in [0.717, 1.165) is 5.56 Å². The minimum absolute atomic E-state index is 0.00901. The van der Waals surface area contributed by atoms with Gasteiger partial charge in [0.25, 0.3) is 0 Å². The van der Waals surface area contributed by atoms with Gasteiger partial charge in [0.2, 0.25) is 0 Å². The van der Waals surface area contributed by atoms with E-state index in [9.17, 15) is 14.7 Å². The van der Waals surface area contributed by atoms with Crippen LogP contribution in [0.25, 0.3) is 0 Å². The van der Waals surface area contributed by atoms with Crippen LogP contribution >= 0.6 is 0 Å². The molecule has 2 saturated heterocycles. The smallest absolute Gasteiger partial charge is 0.408 e. The highest BCUT2D eigenvalue weighted by molar-refractivity contribution is 5.80. The normalized spacial score (nSPS) is 25.0. The molecule has 12 heteroatoms. The van der Waals surface area contributed by atoms with Crippen molar-refractivity contribution in [1.82, 2.24) is 5.32 Å². The number of nitrogens with two attached hydrogens (primary N) is 2. The number of ether oxygens (including phenoxy) is 5. The Morgan fingerprint density at radius 1 is 1.12 bits per heavy atom. The molecule has 6 N–H and O–H groups in total. The van der Waals surface area contributed by atoms with Crippen molar-refractivity contribution in [3.63, 3.8) is 0 Å². The van der Waals surface area contributed by atoms with Crippen LogP contribution in [0.15, 0.2) is 35.3 Å². The summed E-state index contributed by atoms with van der Waals surface area (Å²) in [6.45, 7) is 0.908. The molecule has 5 atom stereocenters.